The monoisotopic (exact) mass is 550 g/mol. The summed E-state index contributed by atoms with van der Waals surface area (Å²) in [5.41, 5.74) is 8.25. The SMILES string of the molecule is N[C@@H]1c2ccc[n+]([O-])c2[C@H](OC(=O)N2CCC(n3c(=O)[nH]c4ncccc43)CC2)CC[C@H]1c1cccc(F)c1F. The minimum Gasteiger partial charge on any atom is -0.618 e. The molecule has 1 aliphatic carbocycles. The fourth-order valence-electron chi connectivity index (χ4n) is 6.09. The largest absolute Gasteiger partial charge is 0.618 e. The Hall–Kier alpha value is -4.32. The number of hydrogen-bond donors (Lipinski definition) is 2. The van der Waals surface area contributed by atoms with Crippen LogP contribution in [-0.4, -0.2) is 38.6 Å². The molecule has 1 amide bonds. The van der Waals surface area contributed by atoms with Gasteiger partial charge in [-0.25, -0.2) is 23.4 Å². The molecule has 3 atom stereocenters. The molecule has 40 heavy (non-hydrogen) atoms. The first-order valence-electron chi connectivity index (χ1n) is 13.3. The van der Waals surface area contributed by atoms with E-state index in [1.807, 2.05) is 6.07 Å². The first-order chi connectivity index (χ1) is 19.3. The molecule has 4 aromatic rings. The number of carbonyl (C=O) groups excluding carboxylic acids is 1. The van der Waals surface area contributed by atoms with Crippen molar-refractivity contribution < 1.29 is 23.0 Å². The van der Waals surface area contributed by atoms with Gasteiger partial charge in [0.05, 0.1) is 5.52 Å². The topological polar surface area (TPSA) is 133 Å². The predicted octanol–water partition coefficient (Wildman–Crippen LogP) is 3.73. The van der Waals surface area contributed by atoms with Crippen LogP contribution in [0.5, 0.6) is 0 Å². The molecule has 1 saturated heterocycles. The van der Waals surface area contributed by atoms with Gasteiger partial charge in [0.15, 0.2) is 29.6 Å². The number of carbonyl (C=O) groups is 1. The first-order valence-corrected chi connectivity index (χ1v) is 13.3. The van der Waals surface area contributed by atoms with Crippen molar-refractivity contribution in [3.63, 3.8) is 0 Å². The highest BCUT2D eigenvalue weighted by Crippen LogP contribution is 2.43. The summed E-state index contributed by atoms with van der Waals surface area (Å²) >= 11 is 0. The molecule has 0 saturated carbocycles. The van der Waals surface area contributed by atoms with Crippen molar-refractivity contribution in [1.82, 2.24) is 19.4 Å². The molecule has 0 unspecified atom stereocenters. The van der Waals surface area contributed by atoms with Crippen LogP contribution in [0.1, 0.15) is 66.6 Å². The average molecular weight is 551 g/mol. The van der Waals surface area contributed by atoms with Crippen LogP contribution in [-0.2, 0) is 4.74 Å². The molecule has 0 bridgehead atoms. The Balaban J connectivity index is 1.20. The summed E-state index contributed by atoms with van der Waals surface area (Å²) in [5.74, 6) is -2.57. The van der Waals surface area contributed by atoms with Crippen molar-refractivity contribution in [3.05, 3.63) is 99.0 Å². The molecule has 0 radical (unpaired) electrons. The number of imidazole rings is 1. The third-order valence-electron chi connectivity index (χ3n) is 8.07. The Morgan fingerprint density at radius 3 is 2.65 bits per heavy atom. The molecule has 1 aliphatic heterocycles. The van der Waals surface area contributed by atoms with E-state index in [4.69, 9.17) is 10.5 Å². The van der Waals surface area contributed by atoms with Gasteiger partial charge in [-0.3, -0.25) is 9.55 Å². The smallest absolute Gasteiger partial charge is 0.410 e. The summed E-state index contributed by atoms with van der Waals surface area (Å²) in [7, 11) is 0. The van der Waals surface area contributed by atoms with Gasteiger partial charge < -0.3 is 20.6 Å². The standard InChI is InChI=1S/C28H28F2N6O4/c29-20-6-1-4-17(23(20)30)18-8-9-22(25-19(24(18)31)5-3-13-35(25)39)40-28(38)34-14-10-16(11-15-34)36-21-7-2-12-32-26(21)33-27(36)37/h1-7,12-13,16,18,22,24H,8-11,14-15,31H2,(H,32,33,37)/t18-,22+,24-/m0/s1. The second-order valence-corrected chi connectivity index (χ2v) is 10.3. The number of amides is 1. The molecule has 0 spiro atoms. The molecular formula is C28H28F2N6O4. The van der Waals surface area contributed by atoms with Crippen LogP contribution in [0.2, 0.25) is 0 Å². The molecular weight excluding hydrogens is 522 g/mol. The lowest BCUT2D eigenvalue weighted by atomic mass is 9.86. The van der Waals surface area contributed by atoms with Gasteiger partial charge in [0.1, 0.15) is 0 Å². The van der Waals surface area contributed by atoms with Crippen molar-refractivity contribution in [1.29, 1.82) is 0 Å². The Morgan fingerprint density at radius 1 is 1.07 bits per heavy atom. The lowest BCUT2D eigenvalue weighted by Gasteiger charge is -2.32. The summed E-state index contributed by atoms with van der Waals surface area (Å²) in [6, 6.07) is 9.82. The van der Waals surface area contributed by atoms with E-state index >= 15 is 0 Å². The molecule has 2 aliphatic rings. The molecule has 3 aromatic heterocycles. The van der Waals surface area contributed by atoms with Crippen LogP contribution in [0.15, 0.2) is 59.7 Å². The van der Waals surface area contributed by atoms with Crippen LogP contribution in [0.4, 0.5) is 13.6 Å². The first kappa shape index (κ1) is 25.9. The Labute approximate surface area is 227 Å². The summed E-state index contributed by atoms with van der Waals surface area (Å²) < 4.78 is 36.9. The Bertz CT molecular complexity index is 1630. The normalized spacial score (nSPS) is 21.7. The fourth-order valence-corrected chi connectivity index (χ4v) is 6.09. The molecule has 1 fully saturated rings. The fraction of sp³-hybridized carbons (Fsp3) is 0.357. The second-order valence-electron chi connectivity index (χ2n) is 10.3. The van der Waals surface area contributed by atoms with E-state index in [9.17, 15) is 23.6 Å². The maximum atomic E-state index is 14.7. The number of benzene rings is 1. The zero-order valence-corrected chi connectivity index (χ0v) is 21.5. The zero-order valence-electron chi connectivity index (χ0n) is 21.5. The number of nitrogens with two attached hydrogens (primary N) is 1. The number of nitrogens with zero attached hydrogens (tertiary/aromatic N) is 4. The minimum absolute atomic E-state index is 0.114. The van der Waals surface area contributed by atoms with Crippen molar-refractivity contribution >= 4 is 17.3 Å². The Morgan fingerprint density at radius 2 is 1.85 bits per heavy atom. The minimum atomic E-state index is -0.973. The second kappa shape index (κ2) is 10.3. The van der Waals surface area contributed by atoms with Gasteiger partial charge in [-0.2, -0.15) is 4.73 Å². The number of aromatic nitrogens is 4. The zero-order chi connectivity index (χ0) is 28.0. The van der Waals surface area contributed by atoms with Gasteiger partial charge in [0, 0.05) is 48.9 Å². The average Bonchev–Trinajstić information content (AvgIpc) is 3.22. The number of H-pyrrole nitrogens is 1. The quantitative estimate of drug-likeness (QED) is 0.227. The number of aromatic amines is 1. The number of rotatable bonds is 3. The molecule has 3 N–H and O–H groups in total. The molecule has 208 valence electrons. The predicted molar refractivity (Wildman–Crippen MR) is 140 cm³/mol. The van der Waals surface area contributed by atoms with Crippen molar-refractivity contribution in [3.8, 4) is 0 Å². The number of ether oxygens (including phenoxy) is 1. The molecule has 4 heterocycles. The van der Waals surface area contributed by atoms with Crippen LogP contribution >= 0.6 is 0 Å². The number of piperidine rings is 1. The van der Waals surface area contributed by atoms with E-state index in [-0.39, 0.29) is 35.8 Å². The van der Waals surface area contributed by atoms with E-state index in [0.717, 1.165) is 6.07 Å². The molecule has 12 heteroatoms. The highest BCUT2D eigenvalue weighted by Gasteiger charge is 2.39. The number of pyridine rings is 2. The molecule has 6 rings (SSSR count). The van der Waals surface area contributed by atoms with Crippen LogP contribution < -0.4 is 16.2 Å². The number of likely N-dealkylation sites (tertiary alicyclic amines) is 1. The number of nitrogens with one attached hydrogen (secondary N) is 1. The molecule has 10 nitrogen and oxygen atoms in total. The van der Waals surface area contributed by atoms with Gasteiger partial charge in [-0.15, -0.1) is 0 Å². The number of hydrogen-bond acceptors (Lipinski definition) is 6. The van der Waals surface area contributed by atoms with Crippen molar-refractivity contribution in [2.75, 3.05) is 13.1 Å². The van der Waals surface area contributed by atoms with Crippen LogP contribution in [0.3, 0.4) is 0 Å². The highest BCUT2D eigenvalue weighted by atomic mass is 19.2. The van der Waals surface area contributed by atoms with Gasteiger partial charge in [-0.1, -0.05) is 12.1 Å². The highest BCUT2D eigenvalue weighted by molar-refractivity contribution is 5.70. The number of fused-ring (bicyclic) bond motifs is 2. The summed E-state index contributed by atoms with van der Waals surface area (Å²) in [4.78, 5) is 34.4. The third-order valence-corrected chi connectivity index (χ3v) is 8.07. The van der Waals surface area contributed by atoms with E-state index < -0.39 is 35.8 Å². The maximum absolute atomic E-state index is 14.7. The molecule has 1 aromatic carbocycles. The van der Waals surface area contributed by atoms with Crippen LogP contribution in [0.25, 0.3) is 11.2 Å². The number of halogens is 2. The van der Waals surface area contributed by atoms with Crippen molar-refractivity contribution in [2.24, 2.45) is 5.73 Å². The van der Waals surface area contributed by atoms with Gasteiger partial charge in [-0.05, 0) is 55.5 Å². The lowest BCUT2D eigenvalue weighted by Crippen LogP contribution is -2.42. The summed E-state index contributed by atoms with van der Waals surface area (Å²) in [5, 5.41) is 12.9. The van der Waals surface area contributed by atoms with Gasteiger partial charge in [0.25, 0.3) is 0 Å². The maximum Gasteiger partial charge on any atom is 0.410 e. The van der Waals surface area contributed by atoms with E-state index in [1.165, 1.54) is 24.4 Å². The van der Waals surface area contributed by atoms with Gasteiger partial charge in [0.2, 0.25) is 5.69 Å². The van der Waals surface area contributed by atoms with Crippen LogP contribution in [0, 0.1) is 16.8 Å². The van der Waals surface area contributed by atoms with Gasteiger partial charge >= 0.3 is 11.8 Å². The Kier molecular flexibility index (Phi) is 6.70. The van der Waals surface area contributed by atoms with E-state index in [1.54, 1.807) is 27.8 Å². The van der Waals surface area contributed by atoms with E-state index in [0.29, 0.717) is 47.4 Å². The lowest BCUT2D eigenvalue weighted by molar-refractivity contribution is -0.619. The third kappa shape index (κ3) is 4.47. The van der Waals surface area contributed by atoms with Crippen molar-refractivity contribution in [2.45, 2.75) is 49.8 Å². The summed E-state index contributed by atoms with van der Waals surface area (Å²) in [6.07, 6.45) is 2.94. The van der Waals surface area contributed by atoms with E-state index in [2.05, 4.69) is 9.97 Å². The summed E-state index contributed by atoms with van der Waals surface area (Å²) in [6.45, 7) is 0.705.